The lowest BCUT2D eigenvalue weighted by Gasteiger charge is -2.04. The summed E-state index contributed by atoms with van der Waals surface area (Å²) in [7, 11) is -0.982. The number of nitrogens with two attached hydrogens (primary N) is 1. The minimum absolute atomic E-state index is 0.543. The highest BCUT2D eigenvalue weighted by atomic mass is 32.2. The normalized spacial score (nSPS) is 12.3. The van der Waals surface area contributed by atoms with Gasteiger partial charge in [-0.3, -0.25) is 4.21 Å². The molecule has 0 aliphatic rings. The monoisotopic (exact) mass is 259 g/mol. The van der Waals surface area contributed by atoms with Crippen molar-refractivity contribution in [3.8, 4) is 0 Å². The van der Waals surface area contributed by atoms with Gasteiger partial charge in [-0.25, -0.2) is 0 Å². The molecule has 0 heterocycles. The fourth-order valence-electron chi connectivity index (χ4n) is 1.70. The summed E-state index contributed by atoms with van der Waals surface area (Å²) >= 11 is 0. The Hall–Kier alpha value is -1.45. The van der Waals surface area contributed by atoms with Gasteiger partial charge in [-0.15, -0.1) is 0 Å². The van der Waals surface area contributed by atoms with Crippen molar-refractivity contribution in [2.75, 3.05) is 0 Å². The molecule has 3 heteroatoms. The topological polar surface area (TPSA) is 43.1 Å². The van der Waals surface area contributed by atoms with E-state index < -0.39 is 10.8 Å². The molecule has 0 saturated heterocycles. The molecule has 2 rings (SSSR count). The predicted octanol–water partition coefficient (Wildman–Crippen LogP) is 2.76. The van der Waals surface area contributed by atoms with Crippen LogP contribution in [0.4, 0.5) is 0 Å². The molecule has 18 heavy (non-hydrogen) atoms. The summed E-state index contributed by atoms with van der Waals surface area (Å²) in [6, 6.07) is 15.8. The summed E-state index contributed by atoms with van der Waals surface area (Å²) < 4.78 is 12.2. The van der Waals surface area contributed by atoms with E-state index in [4.69, 9.17) is 5.73 Å². The van der Waals surface area contributed by atoms with Crippen LogP contribution in [0.2, 0.25) is 0 Å². The van der Waals surface area contributed by atoms with E-state index in [0.29, 0.717) is 12.3 Å². The first-order valence-electron chi connectivity index (χ1n) is 5.92. The van der Waals surface area contributed by atoms with Gasteiger partial charge in [-0.05, 0) is 30.2 Å². The summed E-state index contributed by atoms with van der Waals surface area (Å²) in [5, 5.41) is 0. The summed E-state index contributed by atoms with van der Waals surface area (Å²) in [6.45, 7) is 2.57. The van der Waals surface area contributed by atoms with Gasteiger partial charge in [0.2, 0.25) is 0 Å². The van der Waals surface area contributed by atoms with Crippen LogP contribution in [-0.2, 0) is 23.1 Å². The van der Waals surface area contributed by atoms with Gasteiger partial charge in [-0.2, -0.15) is 0 Å². The Bertz CT molecular complexity index is 531. The van der Waals surface area contributed by atoms with Gasteiger partial charge in [-0.1, -0.05) is 42.0 Å². The number of rotatable bonds is 4. The highest BCUT2D eigenvalue weighted by Gasteiger charge is 2.04. The number of benzene rings is 2. The molecule has 1 atom stereocenters. The summed E-state index contributed by atoms with van der Waals surface area (Å²) in [5.41, 5.74) is 8.90. The van der Waals surface area contributed by atoms with Crippen LogP contribution < -0.4 is 5.73 Å². The second-order valence-electron chi connectivity index (χ2n) is 4.32. The quantitative estimate of drug-likeness (QED) is 0.917. The summed E-state index contributed by atoms with van der Waals surface area (Å²) in [4.78, 5) is 0.878. The number of hydrogen-bond acceptors (Lipinski definition) is 2. The zero-order valence-electron chi connectivity index (χ0n) is 10.4. The van der Waals surface area contributed by atoms with Crippen LogP contribution in [0.3, 0.4) is 0 Å². The Morgan fingerprint density at radius 3 is 2.06 bits per heavy atom. The van der Waals surface area contributed by atoms with Crippen molar-refractivity contribution in [2.45, 2.75) is 24.1 Å². The van der Waals surface area contributed by atoms with Crippen LogP contribution in [-0.4, -0.2) is 4.21 Å². The largest absolute Gasteiger partial charge is 0.326 e. The van der Waals surface area contributed by atoms with Crippen molar-refractivity contribution in [1.29, 1.82) is 0 Å². The molecule has 0 aliphatic carbocycles. The molecular weight excluding hydrogens is 242 g/mol. The van der Waals surface area contributed by atoms with Crippen LogP contribution in [0, 0.1) is 6.92 Å². The number of hydrogen-bond donors (Lipinski definition) is 1. The van der Waals surface area contributed by atoms with Gasteiger partial charge in [0, 0.05) is 11.4 Å². The second-order valence-corrected chi connectivity index (χ2v) is 5.77. The molecule has 94 valence electrons. The van der Waals surface area contributed by atoms with Crippen molar-refractivity contribution >= 4 is 10.8 Å². The molecule has 0 bridgehead atoms. The summed E-state index contributed by atoms with van der Waals surface area (Å²) in [5.74, 6) is 0.550. The highest BCUT2D eigenvalue weighted by Crippen LogP contribution is 2.14. The fraction of sp³-hybridized carbons (Fsp3) is 0.200. The van der Waals surface area contributed by atoms with Gasteiger partial charge in [0.1, 0.15) is 0 Å². The van der Waals surface area contributed by atoms with Crippen LogP contribution in [0.25, 0.3) is 0 Å². The lowest BCUT2D eigenvalue weighted by atomic mass is 10.1. The van der Waals surface area contributed by atoms with Crippen molar-refractivity contribution in [1.82, 2.24) is 0 Å². The third-order valence-corrected chi connectivity index (χ3v) is 4.23. The first kappa shape index (κ1) is 13.0. The molecule has 2 aromatic carbocycles. The predicted molar refractivity (Wildman–Crippen MR) is 75.6 cm³/mol. The molecule has 0 saturated carbocycles. The van der Waals surface area contributed by atoms with Crippen LogP contribution in [0.15, 0.2) is 53.4 Å². The van der Waals surface area contributed by atoms with E-state index in [9.17, 15) is 4.21 Å². The molecule has 0 aromatic heterocycles. The molecule has 1 unspecified atom stereocenters. The van der Waals surface area contributed by atoms with Crippen molar-refractivity contribution in [3.05, 3.63) is 65.2 Å². The third-order valence-electron chi connectivity index (χ3n) is 2.84. The van der Waals surface area contributed by atoms with E-state index in [2.05, 4.69) is 0 Å². The van der Waals surface area contributed by atoms with Crippen LogP contribution in [0.5, 0.6) is 0 Å². The van der Waals surface area contributed by atoms with E-state index in [1.807, 2.05) is 55.5 Å². The van der Waals surface area contributed by atoms with Crippen LogP contribution >= 0.6 is 0 Å². The standard InChI is InChI=1S/C15H17NOS/c1-12-2-8-15(9-3-12)18(17)11-14-6-4-13(10-16)5-7-14/h2-9H,10-11,16H2,1H3. The minimum atomic E-state index is -0.982. The molecule has 2 nitrogen and oxygen atoms in total. The van der Waals surface area contributed by atoms with E-state index in [1.165, 1.54) is 5.56 Å². The van der Waals surface area contributed by atoms with Gasteiger partial charge in [0.25, 0.3) is 0 Å². The van der Waals surface area contributed by atoms with E-state index in [-0.39, 0.29) is 0 Å². The van der Waals surface area contributed by atoms with E-state index >= 15 is 0 Å². The first-order chi connectivity index (χ1) is 8.69. The number of aryl methyl sites for hydroxylation is 1. The molecule has 0 amide bonds. The average molecular weight is 259 g/mol. The lowest BCUT2D eigenvalue weighted by molar-refractivity contribution is 0.682. The maximum absolute atomic E-state index is 12.2. The molecule has 0 spiro atoms. The second kappa shape index (κ2) is 5.94. The Kier molecular flexibility index (Phi) is 4.28. The molecular formula is C15H17NOS. The van der Waals surface area contributed by atoms with E-state index in [0.717, 1.165) is 16.0 Å². The Balaban J connectivity index is 2.08. The van der Waals surface area contributed by atoms with E-state index in [1.54, 1.807) is 0 Å². The zero-order valence-corrected chi connectivity index (χ0v) is 11.2. The third kappa shape index (κ3) is 3.28. The lowest BCUT2D eigenvalue weighted by Crippen LogP contribution is -1.99. The minimum Gasteiger partial charge on any atom is -0.326 e. The Morgan fingerprint density at radius 2 is 1.50 bits per heavy atom. The zero-order chi connectivity index (χ0) is 13.0. The molecule has 0 fully saturated rings. The first-order valence-corrected chi connectivity index (χ1v) is 7.24. The van der Waals surface area contributed by atoms with Gasteiger partial charge in [0.05, 0.1) is 16.6 Å². The maximum Gasteiger partial charge on any atom is 0.0574 e. The molecule has 2 aromatic rings. The van der Waals surface area contributed by atoms with Gasteiger partial charge in [0.15, 0.2) is 0 Å². The molecule has 0 radical (unpaired) electrons. The van der Waals surface area contributed by atoms with Crippen molar-refractivity contribution in [2.24, 2.45) is 5.73 Å². The Morgan fingerprint density at radius 1 is 0.944 bits per heavy atom. The highest BCUT2D eigenvalue weighted by molar-refractivity contribution is 7.84. The maximum atomic E-state index is 12.2. The Labute approximate surface area is 110 Å². The van der Waals surface area contributed by atoms with Gasteiger partial charge >= 0.3 is 0 Å². The fourth-order valence-corrected chi connectivity index (χ4v) is 2.80. The molecule has 0 aliphatic heterocycles. The summed E-state index contributed by atoms with van der Waals surface area (Å²) in [6.07, 6.45) is 0. The van der Waals surface area contributed by atoms with Crippen LogP contribution in [0.1, 0.15) is 16.7 Å². The van der Waals surface area contributed by atoms with Crippen molar-refractivity contribution in [3.63, 3.8) is 0 Å². The van der Waals surface area contributed by atoms with Gasteiger partial charge < -0.3 is 5.73 Å². The smallest absolute Gasteiger partial charge is 0.0574 e. The van der Waals surface area contributed by atoms with Crippen molar-refractivity contribution < 1.29 is 4.21 Å². The average Bonchev–Trinajstić information content (AvgIpc) is 2.40. The molecule has 2 N–H and O–H groups in total. The SMILES string of the molecule is Cc1ccc(S(=O)Cc2ccc(CN)cc2)cc1.